The monoisotopic (exact) mass is 272 g/mol. The van der Waals surface area contributed by atoms with Crippen molar-refractivity contribution in [2.75, 3.05) is 0 Å². The molecule has 0 aliphatic carbocycles. The molecule has 21 heavy (non-hydrogen) atoms. The van der Waals surface area contributed by atoms with E-state index >= 15 is 0 Å². The Morgan fingerprint density at radius 3 is 2.19 bits per heavy atom. The second kappa shape index (κ2) is 5.63. The molecule has 0 spiro atoms. The van der Waals surface area contributed by atoms with Crippen LogP contribution in [-0.2, 0) is 0 Å². The van der Waals surface area contributed by atoms with Gasteiger partial charge in [-0.05, 0) is 28.5 Å². The zero-order chi connectivity index (χ0) is 14.7. The van der Waals surface area contributed by atoms with Crippen LogP contribution < -0.4 is 5.73 Å². The summed E-state index contributed by atoms with van der Waals surface area (Å²) < 4.78 is 0. The van der Waals surface area contributed by atoms with Crippen molar-refractivity contribution < 1.29 is 0 Å². The molecule has 0 bridgehead atoms. The van der Waals surface area contributed by atoms with Crippen LogP contribution in [0.5, 0.6) is 0 Å². The lowest BCUT2D eigenvalue weighted by molar-refractivity contribution is 1.48. The van der Waals surface area contributed by atoms with E-state index in [9.17, 15) is 0 Å². The lowest BCUT2D eigenvalue weighted by atomic mass is 10.0. The Morgan fingerprint density at radius 1 is 0.762 bits per heavy atom. The molecule has 3 aromatic rings. The van der Waals surface area contributed by atoms with E-state index in [2.05, 4.69) is 12.1 Å². The number of benzene rings is 3. The molecule has 0 radical (unpaired) electrons. The predicted octanol–water partition coefficient (Wildman–Crippen LogP) is 4.21. The Bertz CT molecular complexity index is 817. The third-order valence-corrected chi connectivity index (χ3v) is 3.47. The van der Waals surface area contributed by atoms with Crippen LogP contribution in [0.15, 0.2) is 78.9 Å². The Morgan fingerprint density at radius 2 is 1.43 bits per heavy atom. The zero-order valence-corrected chi connectivity index (χ0v) is 11.6. The summed E-state index contributed by atoms with van der Waals surface area (Å²) in [6.07, 6.45) is 1.71. The average Bonchev–Trinajstić information content (AvgIpc) is 2.55. The van der Waals surface area contributed by atoms with E-state index in [0.29, 0.717) is 11.4 Å². The molecule has 0 aliphatic heterocycles. The van der Waals surface area contributed by atoms with Crippen molar-refractivity contribution in [2.45, 2.75) is 0 Å². The molecular weight excluding hydrogens is 256 g/mol. The van der Waals surface area contributed by atoms with Gasteiger partial charge in [-0.2, -0.15) is 0 Å². The van der Waals surface area contributed by atoms with Crippen molar-refractivity contribution in [2.24, 2.45) is 5.73 Å². The maximum Gasteiger partial charge on any atom is 0.0633 e. The van der Waals surface area contributed by atoms with Crippen molar-refractivity contribution in [3.05, 3.63) is 90.0 Å². The minimum Gasteiger partial charge on any atom is -0.398 e. The largest absolute Gasteiger partial charge is 0.398 e. The van der Waals surface area contributed by atoms with Crippen molar-refractivity contribution in [3.8, 4) is 0 Å². The molecule has 0 saturated heterocycles. The van der Waals surface area contributed by atoms with Gasteiger partial charge in [0.1, 0.15) is 0 Å². The van der Waals surface area contributed by atoms with Crippen LogP contribution in [0.3, 0.4) is 0 Å². The smallest absolute Gasteiger partial charge is 0.0633 e. The number of nitrogens with two attached hydrogens (primary N) is 1. The Kier molecular flexibility index (Phi) is 3.52. The first kappa shape index (κ1) is 13.1. The van der Waals surface area contributed by atoms with Crippen molar-refractivity contribution in [3.63, 3.8) is 0 Å². The number of rotatable bonds is 3. The van der Waals surface area contributed by atoms with Gasteiger partial charge >= 0.3 is 0 Å². The van der Waals surface area contributed by atoms with Gasteiger partial charge in [0.2, 0.25) is 0 Å². The Labute approximate surface area is 124 Å². The molecule has 2 heteroatoms. The summed E-state index contributed by atoms with van der Waals surface area (Å²) in [6.45, 7) is 0. The van der Waals surface area contributed by atoms with E-state index < -0.39 is 0 Å². The van der Waals surface area contributed by atoms with Gasteiger partial charge in [-0.3, -0.25) is 0 Å². The van der Waals surface area contributed by atoms with Gasteiger partial charge in [0.05, 0.1) is 5.71 Å². The summed E-state index contributed by atoms with van der Waals surface area (Å²) in [6, 6.07) is 23.9. The van der Waals surface area contributed by atoms with Crippen LogP contribution in [-0.4, -0.2) is 5.71 Å². The molecule has 0 unspecified atom stereocenters. The van der Waals surface area contributed by atoms with Crippen LogP contribution in [0.1, 0.15) is 11.1 Å². The highest BCUT2D eigenvalue weighted by molar-refractivity contribution is 6.11. The second-order valence-electron chi connectivity index (χ2n) is 4.94. The van der Waals surface area contributed by atoms with Crippen molar-refractivity contribution in [1.29, 1.82) is 5.41 Å². The Hall–Kier alpha value is -2.87. The molecule has 0 amide bonds. The SMILES string of the molecule is N=C(/C=C(\N)c1ccccc1)c1ccc2ccccc2c1. The molecule has 3 rings (SSSR count). The first-order valence-corrected chi connectivity index (χ1v) is 6.84. The maximum atomic E-state index is 8.23. The number of hydrogen-bond donors (Lipinski definition) is 2. The fraction of sp³-hybridized carbons (Fsp3) is 0. The predicted molar refractivity (Wildman–Crippen MR) is 89.4 cm³/mol. The van der Waals surface area contributed by atoms with Crippen LogP contribution in [0, 0.1) is 5.41 Å². The molecule has 102 valence electrons. The summed E-state index contributed by atoms with van der Waals surface area (Å²) in [7, 11) is 0. The quantitative estimate of drug-likeness (QED) is 0.689. The fourth-order valence-corrected chi connectivity index (χ4v) is 2.31. The van der Waals surface area contributed by atoms with E-state index in [4.69, 9.17) is 11.1 Å². The third-order valence-electron chi connectivity index (χ3n) is 3.47. The lowest BCUT2D eigenvalue weighted by Gasteiger charge is -2.05. The number of allylic oxidation sites excluding steroid dienone is 1. The van der Waals surface area contributed by atoms with Crippen molar-refractivity contribution in [1.82, 2.24) is 0 Å². The molecule has 0 saturated carbocycles. The lowest BCUT2D eigenvalue weighted by Crippen LogP contribution is -2.02. The van der Waals surface area contributed by atoms with E-state index in [-0.39, 0.29) is 0 Å². The number of nitrogens with one attached hydrogen (secondary N) is 1. The summed E-state index contributed by atoms with van der Waals surface area (Å²) in [4.78, 5) is 0. The Balaban J connectivity index is 1.93. The normalized spacial score (nSPS) is 11.5. The zero-order valence-electron chi connectivity index (χ0n) is 11.6. The molecule has 0 aliphatic rings. The molecule has 0 aromatic heterocycles. The van der Waals surface area contributed by atoms with E-state index in [1.165, 1.54) is 5.39 Å². The molecule has 3 N–H and O–H groups in total. The van der Waals surface area contributed by atoms with Crippen LogP contribution >= 0.6 is 0 Å². The molecular formula is C19H16N2. The second-order valence-corrected chi connectivity index (χ2v) is 4.94. The van der Waals surface area contributed by atoms with Gasteiger partial charge in [-0.15, -0.1) is 0 Å². The maximum absolute atomic E-state index is 8.23. The van der Waals surface area contributed by atoms with Crippen LogP contribution in [0.4, 0.5) is 0 Å². The van der Waals surface area contributed by atoms with E-state index in [0.717, 1.165) is 16.5 Å². The number of fused-ring (bicyclic) bond motifs is 1. The molecule has 2 nitrogen and oxygen atoms in total. The first-order valence-electron chi connectivity index (χ1n) is 6.84. The van der Waals surface area contributed by atoms with E-state index in [1.807, 2.05) is 60.7 Å². The molecule has 0 fully saturated rings. The van der Waals surface area contributed by atoms with Crippen LogP contribution in [0.2, 0.25) is 0 Å². The molecule has 0 atom stereocenters. The highest BCUT2D eigenvalue weighted by Crippen LogP contribution is 2.17. The van der Waals surface area contributed by atoms with Gasteiger partial charge in [0.15, 0.2) is 0 Å². The minimum atomic E-state index is 0.419. The summed E-state index contributed by atoms with van der Waals surface area (Å²) in [5.74, 6) is 0. The minimum absolute atomic E-state index is 0.419. The molecule has 0 heterocycles. The van der Waals surface area contributed by atoms with Gasteiger partial charge < -0.3 is 11.1 Å². The highest BCUT2D eigenvalue weighted by Gasteiger charge is 2.02. The van der Waals surface area contributed by atoms with Gasteiger partial charge in [-0.1, -0.05) is 66.7 Å². The first-order chi connectivity index (χ1) is 10.2. The summed E-state index contributed by atoms with van der Waals surface area (Å²) in [5, 5.41) is 10.5. The van der Waals surface area contributed by atoms with Gasteiger partial charge in [0.25, 0.3) is 0 Å². The fourth-order valence-electron chi connectivity index (χ4n) is 2.31. The number of hydrogen-bond acceptors (Lipinski definition) is 2. The topological polar surface area (TPSA) is 49.9 Å². The third kappa shape index (κ3) is 2.84. The van der Waals surface area contributed by atoms with Gasteiger partial charge in [-0.25, -0.2) is 0 Å². The average molecular weight is 272 g/mol. The summed E-state index contributed by atoms with van der Waals surface area (Å²) in [5.41, 5.74) is 8.89. The molecule has 3 aromatic carbocycles. The van der Waals surface area contributed by atoms with Gasteiger partial charge in [0, 0.05) is 11.3 Å². The highest BCUT2D eigenvalue weighted by atomic mass is 14.6. The van der Waals surface area contributed by atoms with E-state index in [1.54, 1.807) is 6.08 Å². The van der Waals surface area contributed by atoms with Crippen LogP contribution in [0.25, 0.3) is 16.5 Å². The standard InChI is InChI=1S/C19H16N2/c20-18(15-7-2-1-3-8-15)13-19(21)17-11-10-14-6-4-5-9-16(14)12-17/h1-13,21H,20H2/b18-13-,21-19?. The summed E-state index contributed by atoms with van der Waals surface area (Å²) >= 11 is 0. The van der Waals surface area contributed by atoms with Crippen molar-refractivity contribution >= 4 is 22.2 Å².